The predicted molar refractivity (Wildman–Crippen MR) is 82.7 cm³/mol. The Kier molecular flexibility index (Phi) is 4.59. The van der Waals surface area contributed by atoms with E-state index in [1.54, 1.807) is 31.2 Å². The Morgan fingerprint density at radius 1 is 1.24 bits per heavy atom. The molecule has 0 spiro atoms. The second-order valence-corrected chi connectivity index (χ2v) is 5.53. The lowest BCUT2D eigenvalue weighted by atomic mass is 10.1. The van der Waals surface area contributed by atoms with Gasteiger partial charge in [0.1, 0.15) is 11.5 Å². The Labute approximate surface area is 130 Å². The van der Waals surface area contributed by atoms with Gasteiger partial charge in [0.2, 0.25) is 0 Å². The highest BCUT2D eigenvalue weighted by molar-refractivity contribution is 9.10. The van der Waals surface area contributed by atoms with Gasteiger partial charge < -0.3 is 9.84 Å². The Morgan fingerprint density at radius 2 is 1.95 bits per heavy atom. The average Bonchev–Trinajstić information content (AvgIpc) is 2.42. The molecular weight excluding hydrogens is 338 g/mol. The molecule has 2 rings (SSSR count). The van der Waals surface area contributed by atoms with Gasteiger partial charge in [-0.3, -0.25) is 10.1 Å². The van der Waals surface area contributed by atoms with E-state index >= 15 is 0 Å². The summed E-state index contributed by atoms with van der Waals surface area (Å²) in [4.78, 5) is 10.4. The molecule has 0 unspecified atom stereocenters. The molecule has 6 heteroatoms. The minimum absolute atomic E-state index is 0.0210. The van der Waals surface area contributed by atoms with Crippen molar-refractivity contribution < 1.29 is 14.8 Å². The second kappa shape index (κ2) is 6.24. The summed E-state index contributed by atoms with van der Waals surface area (Å²) in [5.41, 5.74) is 1.53. The number of nitrogens with zero attached hydrogens (tertiary/aromatic N) is 1. The number of nitro groups is 1. The van der Waals surface area contributed by atoms with Crippen molar-refractivity contribution >= 4 is 21.6 Å². The highest BCUT2D eigenvalue weighted by Crippen LogP contribution is 2.34. The fourth-order valence-corrected chi connectivity index (χ4v) is 2.27. The molecule has 21 heavy (non-hydrogen) atoms. The number of halogens is 1. The SMILES string of the molecule is Cc1ccc([N+](=O)[O-])cc1Oc1ccc([C@H](C)O)cc1Br. The molecule has 5 nitrogen and oxygen atoms in total. The van der Waals surface area contributed by atoms with Crippen molar-refractivity contribution in [1.82, 2.24) is 0 Å². The zero-order valence-corrected chi connectivity index (χ0v) is 13.1. The number of hydrogen-bond acceptors (Lipinski definition) is 4. The normalized spacial score (nSPS) is 12.0. The summed E-state index contributed by atoms with van der Waals surface area (Å²) in [6, 6.07) is 9.69. The predicted octanol–water partition coefficient (Wildman–Crippen LogP) is 4.51. The van der Waals surface area contributed by atoms with Gasteiger partial charge in [-0.05, 0) is 59.1 Å². The fourth-order valence-electron chi connectivity index (χ4n) is 1.79. The average molecular weight is 352 g/mol. The summed E-state index contributed by atoms with van der Waals surface area (Å²) in [5.74, 6) is 0.956. The molecule has 0 saturated heterocycles. The molecule has 1 N–H and O–H groups in total. The Bertz CT molecular complexity index is 685. The summed E-state index contributed by atoms with van der Waals surface area (Å²) < 4.78 is 6.41. The lowest BCUT2D eigenvalue weighted by Crippen LogP contribution is -1.94. The van der Waals surface area contributed by atoms with Gasteiger partial charge in [0.15, 0.2) is 0 Å². The van der Waals surface area contributed by atoms with Crippen molar-refractivity contribution in [2.24, 2.45) is 0 Å². The van der Waals surface area contributed by atoms with E-state index in [0.717, 1.165) is 11.1 Å². The van der Waals surface area contributed by atoms with Gasteiger partial charge in [0, 0.05) is 6.07 Å². The lowest BCUT2D eigenvalue weighted by Gasteiger charge is -2.12. The van der Waals surface area contributed by atoms with E-state index in [9.17, 15) is 15.2 Å². The third kappa shape index (κ3) is 3.59. The second-order valence-electron chi connectivity index (χ2n) is 4.67. The van der Waals surface area contributed by atoms with Gasteiger partial charge in [-0.1, -0.05) is 6.07 Å². The van der Waals surface area contributed by atoms with E-state index in [1.807, 2.05) is 6.92 Å². The van der Waals surface area contributed by atoms with E-state index in [0.29, 0.717) is 16.0 Å². The van der Waals surface area contributed by atoms with Gasteiger partial charge in [-0.25, -0.2) is 0 Å². The van der Waals surface area contributed by atoms with Crippen LogP contribution in [0.25, 0.3) is 0 Å². The van der Waals surface area contributed by atoms with Gasteiger partial charge in [-0.15, -0.1) is 0 Å². The summed E-state index contributed by atoms with van der Waals surface area (Å²) in [7, 11) is 0. The minimum Gasteiger partial charge on any atom is -0.456 e. The zero-order valence-electron chi connectivity index (χ0n) is 11.5. The number of aliphatic hydroxyl groups is 1. The molecule has 0 amide bonds. The number of benzene rings is 2. The molecule has 0 aliphatic rings. The van der Waals surface area contributed by atoms with Crippen LogP contribution in [0, 0.1) is 17.0 Å². The Hall–Kier alpha value is -1.92. The summed E-state index contributed by atoms with van der Waals surface area (Å²) in [6.07, 6.45) is -0.574. The van der Waals surface area contributed by atoms with Crippen LogP contribution in [-0.2, 0) is 0 Å². The fraction of sp³-hybridized carbons (Fsp3) is 0.200. The molecule has 2 aromatic rings. The first-order chi connectivity index (χ1) is 9.88. The highest BCUT2D eigenvalue weighted by atomic mass is 79.9. The maximum atomic E-state index is 10.8. The molecular formula is C15H14BrNO4. The van der Waals surface area contributed by atoms with Gasteiger partial charge in [0.25, 0.3) is 5.69 Å². The van der Waals surface area contributed by atoms with E-state index in [4.69, 9.17) is 4.74 Å². The largest absolute Gasteiger partial charge is 0.456 e. The molecule has 2 aromatic carbocycles. The van der Waals surface area contributed by atoms with Crippen LogP contribution < -0.4 is 4.74 Å². The van der Waals surface area contributed by atoms with Crippen molar-refractivity contribution in [3.05, 3.63) is 62.1 Å². The quantitative estimate of drug-likeness (QED) is 0.649. The molecule has 0 aromatic heterocycles. The first-order valence-electron chi connectivity index (χ1n) is 6.29. The van der Waals surface area contributed by atoms with E-state index in [2.05, 4.69) is 15.9 Å². The molecule has 0 bridgehead atoms. The number of aliphatic hydroxyl groups excluding tert-OH is 1. The number of rotatable bonds is 4. The number of aryl methyl sites for hydroxylation is 1. The molecule has 110 valence electrons. The smallest absolute Gasteiger partial charge is 0.273 e. The lowest BCUT2D eigenvalue weighted by molar-refractivity contribution is -0.384. The first kappa shape index (κ1) is 15.5. The molecule has 0 heterocycles. The van der Waals surface area contributed by atoms with Gasteiger partial charge in [0.05, 0.1) is 21.6 Å². The van der Waals surface area contributed by atoms with Crippen molar-refractivity contribution in [3.63, 3.8) is 0 Å². The minimum atomic E-state index is -0.574. The zero-order chi connectivity index (χ0) is 15.6. The molecule has 0 radical (unpaired) electrons. The maximum Gasteiger partial charge on any atom is 0.273 e. The van der Waals surface area contributed by atoms with Gasteiger partial charge in [-0.2, -0.15) is 0 Å². The number of hydrogen-bond donors (Lipinski definition) is 1. The van der Waals surface area contributed by atoms with Crippen molar-refractivity contribution in [2.75, 3.05) is 0 Å². The third-order valence-electron chi connectivity index (χ3n) is 3.04. The Morgan fingerprint density at radius 3 is 2.52 bits per heavy atom. The maximum absolute atomic E-state index is 10.8. The van der Waals surface area contributed by atoms with Crippen LogP contribution in [0.1, 0.15) is 24.2 Å². The Balaban J connectivity index is 2.34. The van der Waals surface area contributed by atoms with Crippen molar-refractivity contribution in [1.29, 1.82) is 0 Å². The van der Waals surface area contributed by atoms with E-state index in [-0.39, 0.29) is 5.69 Å². The molecule has 0 saturated carbocycles. The van der Waals surface area contributed by atoms with Crippen LogP contribution >= 0.6 is 15.9 Å². The third-order valence-corrected chi connectivity index (χ3v) is 3.66. The van der Waals surface area contributed by atoms with Gasteiger partial charge >= 0.3 is 0 Å². The van der Waals surface area contributed by atoms with Crippen LogP contribution in [0.3, 0.4) is 0 Å². The van der Waals surface area contributed by atoms with Crippen LogP contribution in [-0.4, -0.2) is 10.0 Å². The first-order valence-corrected chi connectivity index (χ1v) is 7.08. The van der Waals surface area contributed by atoms with Crippen LogP contribution in [0.4, 0.5) is 5.69 Å². The molecule has 1 atom stereocenters. The molecule has 0 aliphatic carbocycles. The number of nitro benzene ring substituents is 1. The van der Waals surface area contributed by atoms with E-state index < -0.39 is 11.0 Å². The van der Waals surface area contributed by atoms with Crippen LogP contribution in [0.5, 0.6) is 11.5 Å². The number of non-ortho nitro benzene ring substituents is 1. The van der Waals surface area contributed by atoms with Crippen LogP contribution in [0.2, 0.25) is 0 Å². The van der Waals surface area contributed by atoms with E-state index in [1.165, 1.54) is 12.1 Å². The topological polar surface area (TPSA) is 72.6 Å². The number of ether oxygens (including phenoxy) is 1. The standard InChI is InChI=1S/C15H14BrNO4/c1-9-3-5-12(17(19)20)8-15(9)21-14-6-4-11(10(2)18)7-13(14)16/h3-8,10,18H,1-2H3/t10-/m0/s1. The molecule has 0 fully saturated rings. The summed E-state index contributed by atoms with van der Waals surface area (Å²) in [6.45, 7) is 3.49. The summed E-state index contributed by atoms with van der Waals surface area (Å²) >= 11 is 3.37. The monoisotopic (exact) mass is 351 g/mol. The summed E-state index contributed by atoms with van der Waals surface area (Å²) in [5, 5.41) is 20.4. The van der Waals surface area contributed by atoms with Crippen molar-refractivity contribution in [3.8, 4) is 11.5 Å². The highest BCUT2D eigenvalue weighted by Gasteiger charge is 2.12. The van der Waals surface area contributed by atoms with Crippen molar-refractivity contribution in [2.45, 2.75) is 20.0 Å². The van der Waals surface area contributed by atoms with Crippen LogP contribution in [0.15, 0.2) is 40.9 Å². The molecule has 0 aliphatic heterocycles.